The highest BCUT2D eigenvalue weighted by molar-refractivity contribution is 5.76. The number of hydrogen-bond donors (Lipinski definition) is 0. The fraction of sp³-hybridized carbons (Fsp3) is 0.346. The number of carbonyl (C=O) groups is 2. The second-order valence-electron chi connectivity index (χ2n) is 9.18. The Morgan fingerprint density at radius 2 is 1.78 bits per heavy atom. The first kappa shape index (κ1) is 23.5. The van der Waals surface area contributed by atoms with Crippen LogP contribution in [0.1, 0.15) is 31.4 Å². The summed E-state index contributed by atoms with van der Waals surface area (Å²) in [6, 6.07) is 17.7. The van der Waals surface area contributed by atoms with Crippen LogP contribution >= 0.6 is 0 Å². The quantitative estimate of drug-likeness (QED) is 0.382. The predicted octanol–water partition coefficient (Wildman–Crippen LogP) is 4.03. The van der Waals surface area contributed by atoms with Crippen LogP contribution in [0.25, 0.3) is 11.3 Å². The summed E-state index contributed by atoms with van der Waals surface area (Å²) in [5, 5.41) is 15.3. The minimum atomic E-state index is -0.445. The molecular weight excluding hydrogens is 462 g/mol. The summed E-state index contributed by atoms with van der Waals surface area (Å²) >= 11 is 0. The normalized spacial score (nSPS) is 20.4. The van der Waals surface area contributed by atoms with Gasteiger partial charge in [-0.1, -0.05) is 30.3 Å². The molecule has 0 radical (unpaired) electrons. The molecule has 0 saturated carbocycles. The van der Waals surface area contributed by atoms with Crippen molar-refractivity contribution in [3.05, 3.63) is 82.5 Å². The lowest BCUT2D eigenvalue weighted by molar-refractivity contribution is -0.384. The first-order valence-corrected chi connectivity index (χ1v) is 12.0. The van der Waals surface area contributed by atoms with Gasteiger partial charge in [-0.3, -0.25) is 24.5 Å². The number of benzene rings is 2. The third-order valence-electron chi connectivity index (χ3n) is 6.97. The molecule has 186 valence electrons. The van der Waals surface area contributed by atoms with Gasteiger partial charge >= 0.3 is 6.09 Å². The van der Waals surface area contributed by atoms with Crippen LogP contribution in [0.5, 0.6) is 0 Å². The zero-order valence-corrected chi connectivity index (χ0v) is 19.9. The molecule has 5 rings (SSSR count). The fourth-order valence-electron chi connectivity index (χ4n) is 5.04. The number of piperidine rings is 1. The molecular formula is C26H27N5O5. The van der Waals surface area contributed by atoms with Crippen molar-refractivity contribution in [3.63, 3.8) is 0 Å². The number of aromatic nitrogens is 2. The van der Waals surface area contributed by atoms with Crippen LogP contribution < -0.4 is 0 Å². The topological polar surface area (TPSA) is 111 Å². The average molecular weight is 490 g/mol. The monoisotopic (exact) mass is 489 g/mol. The molecule has 2 aliphatic heterocycles. The van der Waals surface area contributed by atoms with Gasteiger partial charge in [-0.2, -0.15) is 5.10 Å². The first-order valence-electron chi connectivity index (χ1n) is 12.0. The molecule has 1 aromatic heterocycles. The van der Waals surface area contributed by atoms with Gasteiger partial charge in [-0.05, 0) is 43.5 Å². The number of likely N-dealkylation sites (tertiary alicyclic amines) is 1. The van der Waals surface area contributed by atoms with E-state index < -0.39 is 4.92 Å². The molecule has 3 aromatic rings. The third-order valence-corrected chi connectivity index (χ3v) is 6.97. The molecule has 36 heavy (non-hydrogen) atoms. The molecule has 2 atom stereocenters. The summed E-state index contributed by atoms with van der Waals surface area (Å²) in [5.74, 6) is -0.0361. The lowest BCUT2D eigenvalue weighted by Gasteiger charge is -2.37. The maximum atomic E-state index is 12.9. The summed E-state index contributed by atoms with van der Waals surface area (Å²) in [7, 11) is 0. The molecule has 2 aromatic carbocycles. The highest BCUT2D eigenvalue weighted by atomic mass is 16.6. The highest BCUT2D eigenvalue weighted by Crippen LogP contribution is 2.35. The van der Waals surface area contributed by atoms with Crippen molar-refractivity contribution in [1.29, 1.82) is 0 Å². The van der Waals surface area contributed by atoms with Gasteiger partial charge in [0.1, 0.15) is 12.6 Å². The number of nitrogens with zero attached hydrogens (tertiary/aromatic N) is 5. The number of nitro benzene ring substituents is 1. The summed E-state index contributed by atoms with van der Waals surface area (Å²) in [5.41, 5.74) is 2.39. The Morgan fingerprint density at radius 1 is 1.08 bits per heavy atom. The van der Waals surface area contributed by atoms with Crippen molar-refractivity contribution in [3.8, 4) is 11.3 Å². The Kier molecular flexibility index (Phi) is 6.41. The molecule has 0 spiro atoms. The van der Waals surface area contributed by atoms with Crippen molar-refractivity contribution in [2.24, 2.45) is 0 Å². The number of hydrogen-bond acceptors (Lipinski definition) is 6. The van der Waals surface area contributed by atoms with Crippen molar-refractivity contribution in [1.82, 2.24) is 19.6 Å². The van der Waals surface area contributed by atoms with Crippen molar-refractivity contribution in [2.75, 3.05) is 13.1 Å². The summed E-state index contributed by atoms with van der Waals surface area (Å²) in [6.45, 7) is 3.25. The molecule has 2 aliphatic rings. The fourth-order valence-corrected chi connectivity index (χ4v) is 5.04. The predicted molar refractivity (Wildman–Crippen MR) is 131 cm³/mol. The SMILES string of the molecule is CC1C(c2ccccc2)OC(=O)N1C1CCN(C(=O)Cn2ccc(-c3ccc([N+](=O)[O-])cc3)n2)CC1. The number of cyclic esters (lactones) is 1. The molecule has 10 heteroatoms. The van der Waals surface area contributed by atoms with Gasteiger partial charge < -0.3 is 9.64 Å². The summed E-state index contributed by atoms with van der Waals surface area (Å²) < 4.78 is 7.28. The number of non-ortho nitro benzene ring substituents is 1. The lowest BCUT2D eigenvalue weighted by Crippen LogP contribution is -2.49. The molecule has 2 amide bonds. The molecule has 3 heterocycles. The molecule has 0 bridgehead atoms. The zero-order chi connectivity index (χ0) is 25.2. The molecule has 2 unspecified atom stereocenters. The Labute approximate surface area is 208 Å². The Morgan fingerprint density at radius 3 is 2.44 bits per heavy atom. The van der Waals surface area contributed by atoms with Crippen LogP contribution in [0, 0.1) is 10.1 Å². The number of amides is 2. The molecule has 0 N–H and O–H groups in total. The van der Waals surface area contributed by atoms with Crippen LogP contribution in [-0.4, -0.2) is 61.7 Å². The average Bonchev–Trinajstić information content (AvgIpc) is 3.48. The Bertz CT molecular complexity index is 1250. The van der Waals surface area contributed by atoms with Crippen LogP contribution in [0.3, 0.4) is 0 Å². The standard InChI is InChI=1S/C26H27N5O5/c1-18-25(20-5-3-2-4-6-20)36-26(33)30(18)21-11-14-28(15-12-21)24(32)17-29-16-13-23(27-29)19-7-9-22(10-8-19)31(34)35/h2-10,13,16,18,21,25H,11-12,14-15,17H2,1H3. The van der Waals surface area contributed by atoms with Gasteiger partial charge in [0, 0.05) is 43.0 Å². The van der Waals surface area contributed by atoms with E-state index >= 15 is 0 Å². The summed E-state index contributed by atoms with van der Waals surface area (Å²) in [4.78, 5) is 39.6. The van der Waals surface area contributed by atoms with E-state index in [1.54, 1.807) is 29.1 Å². The molecule has 0 aliphatic carbocycles. The zero-order valence-electron chi connectivity index (χ0n) is 19.9. The van der Waals surface area contributed by atoms with Crippen molar-refractivity contribution >= 4 is 17.7 Å². The van der Waals surface area contributed by atoms with Crippen LogP contribution in [0.15, 0.2) is 66.9 Å². The second kappa shape index (κ2) is 9.80. The third kappa shape index (κ3) is 4.66. The van der Waals surface area contributed by atoms with Crippen LogP contribution in [-0.2, 0) is 16.1 Å². The maximum absolute atomic E-state index is 12.9. The second-order valence-corrected chi connectivity index (χ2v) is 9.18. The summed E-state index contributed by atoms with van der Waals surface area (Å²) in [6.07, 6.45) is 2.53. The van der Waals surface area contributed by atoms with Gasteiger partial charge in [-0.15, -0.1) is 0 Å². The van der Waals surface area contributed by atoms with Gasteiger partial charge in [0.2, 0.25) is 5.91 Å². The smallest absolute Gasteiger partial charge is 0.411 e. The minimum Gasteiger partial charge on any atom is -0.439 e. The first-order chi connectivity index (χ1) is 17.4. The van der Waals surface area contributed by atoms with Gasteiger partial charge in [0.25, 0.3) is 5.69 Å². The number of rotatable bonds is 6. The van der Waals surface area contributed by atoms with Gasteiger partial charge in [0.05, 0.1) is 16.7 Å². The van der Waals surface area contributed by atoms with E-state index in [9.17, 15) is 19.7 Å². The molecule has 2 saturated heterocycles. The Balaban J connectivity index is 1.16. The molecule has 10 nitrogen and oxygen atoms in total. The van der Waals surface area contributed by atoms with Gasteiger partial charge in [-0.25, -0.2) is 4.79 Å². The van der Waals surface area contributed by atoms with E-state index in [2.05, 4.69) is 5.10 Å². The van der Waals surface area contributed by atoms with E-state index in [1.807, 2.05) is 47.1 Å². The number of carbonyl (C=O) groups excluding carboxylic acids is 2. The van der Waals surface area contributed by atoms with Gasteiger partial charge in [0.15, 0.2) is 0 Å². The van der Waals surface area contributed by atoms with E-state index in [-0.39, 0.29) is 42.4 Å². The van der Waals surface area contributed by atoms with E-state index in [4.69, 9.17) is 4.74 Å². The van der Waals surface area contributed by atoms with Crippen LogP contribution in [0.4, 0.5) is 10.5 Å². The largest absolute Gasteiger partial charge is 0.439 e. The molecule has 2 fully saturated rings. The number of nitro groups is 1. The Hall–Kier alpha value is -4.21. The van der Waals surface area contributed by atoms with Crippen LogP contribution in [0.2, 0.25) is 0 Å². The lowest BCUT2D eigenvalue weighted by atomic mass is 9.98. The van der Waals surface area contributed by atoms with Crippen molar-refractivity contribution in [2.45, 2.75) is 44.5 Å². The van der Waals surface area contributed by atoms with E-state index in [1.165, 1.54) is 12.1 Å². The maximum Gasteiger partial charge on any atom is 0.411 e. The van der Waals surface area contributed by atoms with E-state index in [0.29, 0.717) is 31.6 Å². The minimum absolute atomic E-state index is 0.0175. The number of ether oxygens (including phenoxy) is 1. The van der Waals surface area contributed by atoms with Crippen molar-refractivity contribution < 1.29 is 19.2 Å². The van der Waals surface area contributed by atoms with E-state index in [0.717, 1.165) is 11.1 Å². The highest BCUT2D eigenvalue weighted by Gasteiger charge is 2.44.